The van der Waals surface area contributed by atoms with Crippen LogP contribution in [0.3, 0.4) is 0 Å². The molecule has 6 N–H and O–H groups in total. The van der Waals surface area contributed by atoms with E-state index in [9.17, 15) is 9.59 Å². The highest BCUT2D eigenvalue weighted by molar-refractivity contribution is 6.11. The van der Waals surface area contributed by atoms with Crippen molar-refractivity contribution < 1.29 is 14.3 Å². The Hall–Kier alpha value is -2.61. The second-order valence-corrected chi connectivity index (χ2v) is 9.21. The summed E-state index contributed by atoms with van der Waals surface area (Å²) >= 11 is 0. The fourth-order valence-electron chi connectivity index (χ4n) is 4.15. The van der Waals surface area contributed by atoms with Gasteiger partial charge in [0.1, 0.15) is 5.57 Å². The number of nitrogens with one attached hydrogen (secondary N) is 4. The zero-order chi connectivity index (χ0) is 23.7. The van der Waals surface area contributed by atoms with Crippen LogP contribution in [0.25, 0.3) is 0 Å². The molecule has 2 aliphatic carbocycles. The second-order valence-electron chi connectivity index (χ2n) is 9.21. The molecule has 2 rings (SSSR count). The van der Waals surface area contributed by atoms with Gasteiger partial charge in [0.15, 0.2) is 0 Å². The van der Waals surface area contributed by atoms with Crippen LogP contribution in [0.15, 0.2) is 35.4 Å². The normalized spacial score (nSPS) is 23.9. The van der Waals surface area contributed by atoms with Crippen LogP contribution in [0.2, 0.25) is 0 Å². The van der Waals surface area contributed by atoms with Crippen LogP contribution < -0.4 is 21.7 Å². The fraction of sp³-hybridized carbons (Fsp3) is 0.625. The molecule has 0 aromatic heterocycles. The lowest BCUT2D eigenvalue weighted by Crippen LogP contribution is -2.46. The van der Waals surface area contributed by atoms with E-state index in [1.165, 1.54) is 5.57 Å². The standard InChI is InChI=1S/C24H39N5O3/c1-15(2)14-32-24(28-9-7-16(3)22(30)27-10-8-25)20(13-26)23(31)29-21-17(4)11-18-5-6-19(21)12-18/h5,7,9,13,15-17,19,21,26,28H,6,8,10-12,14,25H2,1-4H3,(H,27,30)(H,29,31)/b9-7+,24-20-,26-13?. The molecule has 0 aromatic carbocycles. The summed E-state index contributed by atoms with van der Waals surface area (Å²) in [6.45, 7) is 9.14. The van der Waals surface area contributed by atoms with Crippen molar-refractivity contribution >= 4 is 18.0 Å². The van der Waals surface area contributed by atoms with Gasteiger partial charge in [-0.2, -0.15) is 0 Å². The molecule has 4 unspecified atom stereocenters. The van der Waals surface area contributed by atoms with Crippen molar-refractivity contribution in [2.24, 2.45) is 29.4 Å². The van der Waals surface area contributed by atoms with Crippen LogP contribution in [0, 0.1) is 29.1 Å². The van der Waals surface area contributed by atoms with Gasteiger partial charge in [0.2, 0.25) is 11.8 Å². The zero-order valence-electron chi connectivity index (χ0n) is 19.7. The Morgan fingerprint density at radius 2 is 2.06 bits per heavy atom. The van der Waals surface area contributed by atoms with E-state index in [4.69, 9.17) is 15.9 Å². The third-order valence-corrected chi connectivity index (χ3v) is 5.89. The maximum Gasteiger partial charge on any atom is 0.258 e. The molecule has 0 heterocycles. The third-order valence-electron chi connectivity index (χ3n) is 5.89. The Balaban J connectivity index is 2.12. The Bertz CT molecular complexity index is 772. The molecule has 1 saturated carbocycles. The van der Waals surface area contributed by atoms with Crippen molar-refractivity contribution in [2.75, 3.05) is 19.7 Å². The van der Waals surface area contributed by atoms with E-state index in [0.29, 0.717) is 31.5 Å². The summed E-state index contributed by atoms with van der Waals surface area (Å²) < 4.78 is 5.84. The van der Waals surface area contributed by atoms with E-state index in [2.05, 4.69) is 29.0 Å². The molecule has 178 valence electrons. The quantitative estimate of drug-likeness (QED) is 0.136. The van der Waals surface area contributed by atoms with Crippen LogP contribution in [0.1, 0.15) is 47.0 Å². The number of hydrogen-bond donors (Lipinski definition) is 5. The maximum atomic E-state index is 13.1. The van der Waals surface area contributed by atoms with E-state index >= 15 is 0 Å². The predicted molar refractivity (Wildman–Crippen MR) is 127 cm³/mol. The SMILES string of the molecule is CC(C)CO/C(N/C=C/C(C)C(=O)NCCN)=C(/C=N)C(=O)NC1C(C)CC2=CCC1C2. The molecule has 0 saturated heterocycles. The van der Waals surface area contributed by atoms with E-state index < -0.39 is 0 Å². The Labute approximate surface area is 191 Å². The third kappa shape index (κ3) is 7.22. The highest BCUT2D eigenvalue weighted by Crippen LogP contribution is 2.40. The average molecular weight is 446 g/mol. The van der Waals surface area contributed by atoms with Crippen LogP contribution in [0.5, 0.6) is 0 Å². The number of carbonyl (C=O) groups is 2. The minimum absolute atomic E-state index is 0.0769. The van der Waals surface area contributed by atoms with Crippen LogP contribution in [0.4, 0.5) is 0 Å². The van der Waals surface area contributed by atoms with Gasteiger partial charge in [-0.25, -0.2) is 0 Å². The molecule has 0 spiro atoms. The molecular weight excluding hydrogens is 406 g/mol. The van der Waals surface area contributed by atoms with Gasteiger partial charge in [-0.1, -0.05) is 45.4 Å². The summed E-state index contributed by atoms with van der Waals surface area (Å²) in [6, 6.07) is 0.0769. The first-order chi connectivity index (χ1) is 15.3. The molecule has 2 aliphatic rings. The van der Waals surface area contributed by atoms with Crippen LogP contribution in [-0.4, -0.2) is 43.8 Å². The Kier molecular flexibility index (Phi) is 9.97. The Morgan fingerprint density at radius 3 is 2.72 bits per heavy atom. The van der Waals surface area contributed by atoms with Crippen LogP contribution >= 0.6 is 0 Å². The molecule has 4 atom stereocenters. The number of hydrogen-bond acceptors (Lipinski definition) is 6. The van der Waals surface area contributed by atoms with Crippen molar-refractivity contribution in [2.45, 2.75) is 53.0 Å². The largest absolute Gasteiger partial charge is 0.478 e. The summed E-state index contributed by atoms with van der Waals surface area (Å²) in [4.78, 5) is 25.1. The molecule has 0 radical (unpaired) electrons. The predicted octanol–water partition coefficient (Wildman–Crippen LogP) is 2.20. The molecule has 2 bridgehead atoms. The lowest BCUT2D eigenvalue weighted by molar-refractivity contribution is -0.123. The van der Waals surface area contributed by atoms with Gasteiger partial charge in [-0.3, -0.25) is 9.59 Å². The number of rotatable bonds is 12. The molecule has 8 heteroatoms. The van der Waals surface area contributed by atoms with Gasteiger partial charge in [0.25, 0.3) is 5.91 Å². The molecule has 32 heavy (non-hydrogen) atoms. The maximum absolute atomic E-state index is 13.1. The number of allylic oxidation sites excluding steroid dienone is 2. The van der Waals surface area contributed by atoms with Gasteiger partial charge >= 0.3 is 0 Å². The van der Waals surface area contributed by atoms with Crippen molar-refractivity contribution in [3.8, 4) is 0 Å². The van der Waals surface area contributed by atoms with E-state index in [-0.39, 0.29) is 41.1 Å². The number of carbonyl (C=O) groups excluding carboxylic acids is 2. The van der Waals surface area contributed by atoms with Gasteiger partial charge in [0.05, 0.1) is 12.5 Å². The minimum atomic E-state index is -0.384. The van der Waals surface area contributed by atoms with Crippen molar-refractivity contribution in [3.63, 3.8) is 0 Å². The first-order valence-electron chi connectivity index (χ1n) is 11.5. The number of fused-ring (bicyclic) bond motifs is 2. The van der Waals surface area contributed by atoms with E-state index in [1.54, 1.807) is 19.2 Å². The minimum Gasteiger partial charge on any atom is -0.478 e. The monoisotopic (exact) mass is 445 g/mol. The van der Waals surface area contributed by atoms with Gasteiger partial charge < -0.3 is 31.8 Å². The summed E-state index contributed by atoms with van der Waals surface area (Å²) in [7, 11) is 0. The van der Waals surface area contributed by atoms with Gasteiger partial charge in [-0.15, -0.1) is 0 Å². The summed E-state index contributed by atoms with van der Waals surface area (Å²) in [6.07, 6.45) is 9.63. The van der Waals surface area contributed by atoms with Gasteiger partial charge in [-0.05, 0) is 37.0 Å². The van der Waals surface area contributed by atoms with Crippen molar-refractivity contribution in [1.82, 2.24) is 16.0 Å². The zero-order valence-corrected chi connectivity index (χ0v) is 19.7. The molecule has 0 aromatic rings. The number of amides is 2. The molecule has 0 aliphatic heterocycles. The highest BCUT2D eigenvalue weighted by Gasteiger charge is 2.37. The molecule has 2 amide bonds. The highest BCUT2D eigenvalue weighted by atomic mass is 16.5. The summed E-state index contributed by atoms with van der Waals surface area (Å²) in [5.74, 6) is 0.400. The summed E-state index contributed by atoms with van der Waals surface area (Å²) in [5, 5.41) is 16.7. The van der Waals surface area contributed by atoms with Crippen LogP contribution in [-0.2, 0) is 14.3 Å². The smallest absolute Gasteiger partial charge is 0.258 e. The fourth-order valence-corrected chi connectivity index (χ4v) is 4.15. The topological polar surface area (TPSA) is 129 Å². The van der Waals surface area contributed by atoms with E-state index in [0.717, 1.165) is 25.5 Å². The van der Waals surface area contributed by atoms with Crippen molar-refractivity contribution in [3.05, 3.63) is 35.4 Å². The molecule has 1 fully saturated rings. The van der Waals surface area contributed by atoms with Gasteiger partial charge in [0, 0.05) is 31.5 Å². The first kappa shape index (κ1) is 25.6. The van der Waals surface area contributed by atoms with E-state index in [1.807, 2.05) is 13.8 Å². The first-order valence-corrected chi connectivity index (χ1v) is 11.5. The molecular formula is C24H39N5O3. The average Bonchev–Trinajstić information content (AvgIpc) is 3.15. The van der Waals surface area contributed by atoms with Crippen molar-refractivity contribution in [1.29, 1.82) is 5.41 Å². The Morgan fingerprint density at radius 1 is 1.31 bits per heavy atom. The second kappa shape index (κ2) is 12.4. The number of ether oxygens (including phenoxy) is 1. The molecule has 8 nitrogen and oxygen atoms in total. The number of nitrogens with two attached hydrogens (primary N) is 1. The lowest BCUT2D eigenvalue weighted by atomic mass is 9.78. The summed E-state index contributed by atoms with van der Waals surface area (Å²) in [5.41, 5.74) is 7.05. The lowest BCUT2D eigenvalue weighted by Gasteiger charge is -2.34.